The molecule has 50 heavy (non-hydrogen) atoms. The third kappa shape index (κ3) is 3.63. The van der Waals surface area contributed by atoms with Gasteiger partial charge in [0.1, 0.15) is 0 Å². The van der Waals surface area contributed by atoms with E-state index in [1.54, 1.807) is 0 Å². The van der Waals surface area contributed by atoms with Gasteiger partial charge in [-0.05, 0) is 128 Å². The van der Waals surface area contributed by atoms with E-state index in [1.807, 2.05) is 36.4 Å². The van der Waals surface area contributed by atoms with Crippen LogP contribution in [0.15, 0.2) is 158 Å². The summed E-state index contributed by atoms with van der Waals surface area (Å²) in [5, 5.41) is 6.30. The van der Waals surface area contributed by atoms with Crippen molar-refractivity contribution < 1.29 is 8.78 Å². The highest BCUT2D eigenvalue weighted by Crippen LogP contribution is 2.59. The van der Waals surface area contributed by atoms with Crippen LogP contribution in [0.4, 0.5) is 8.78 Å². The largest absolute Gasteiger partial charge is 0.204 e. The third-order valence-electron chi connectivity index (χ3n) is 10.9. The maximum absolute atomic E-state index is 15.2. The fourth-order valence-corrected chi connectivity index (χ4v) is 8.86. The van der Waals surface area contributed by atoms with Crippen LogP contribution >= 0.6 is 0 Å². The molecule has 0 bridgehead atoms. The first kappa shape index (κ1) is 27.6. The molecule has 232 valence electrons. The highest BCUT2D eigenvalue weighted by molar-refractivity contribution is 6.29. The molecule has 0 fully saturated rings. The lowest BCUT2D eigenvalue weighted by molar-refractivity contribution is 0.511. The Labute approximate surface area is 287 Å². The van der Waals surface area contributed by atoms with Crippen molar-refractivity contribution in [3.63, 3.8) is 0 Å². The molecule has 2 aliphatic rings. The van der Waals surface area contributed by atoms with Crippen molar-refractivity contribution in [1.82, 2.24) is 0 Å². The Kier molecular flexibility index (Phi) is 5.55. The van der Waals surface area contributed by atoms with Crippen LogP contribution in [-0.2, 0) is 0 Å². The molecule has 0 saturated carbocycles. The van der Waals surface area contributed by atoms with Gasteiger partial charge in [0.15, 0.2) is 11.6 Å². The molecule has 0 atom stereocenters. The van der Waals surface area contributed by atoms with Gasteiger partial charge in [0.25, 0.3) is 0 Å². The molecule has 0 aliphatic heterocycles. The zero-order valence-corrected chi connectivity index (χ0v) is 26.8. The van der Waals surface area contributed by atoms with E-state index in [9.17, 15) is 0 Å². The smallest absolute Gasteiger partial charge is 0.159 e. The Balaban J connectivity index is 1.23. The maximum atomic E-state index is 15.2. The number of benzene rings is 9. The summed E-state index contributed by atoms with van der Waals surface area (Å²) in [5.41, 5.74) is 15.5. The van der Waals surface area contributed by atoms with Crippen LogP contribution in [0.5, 0.6) is 0 Å². The number of rotatable bonds is 3. The van der Waals surface area contributed by atoms with Crippen molar-refractivity contribution >= 4 is 32.3 Å². The van der Waals surface area contributed by atoms with E-state index in [1.165, 1.54) is 45.2 Å². The summed E-state index contributed by atoms with van der Waals surface area (Å²) in [4.78, 5) is 0. The van der Waals surface area contributed by atoms with Gasteiger partial charge in [0.2, 0.25) is 0 Å². The fourth-order valence-electron chi connectivity index (χ4n) is 8.86. The molecule has 9 aromatic rings. The summed E-state index contributed by atoms with van der Waals surface area (Å²) >= 11 is 0. The van der Waals surface area contributed by atoms with E-state index in [0.717, 1.165) is 66.4 Å². The summed E-state index contributed by atoms with van der Waals surface area (Å²) in [7, 11) is 0. The molecule has 0 spiro atoms. The molecule has 0 amide bonds. The van der Waals surface area contributed by atoms with Crippen molar-refractivity contribution in [1.29, 1.82) is 0 Å². The second kappa shape index (κ2) is 10.1. The van der Waals surface area contributed by atoms with Crippen LogP contribution in [0.2, 0.25) is 0 Å². The van der Waals surface area contributed by atoms with Crippen LogP contribution in [0.25, 0.3) is 110 Å². The molecule has 0 heterocycles. The van der Waals surface area contributed by atoms with E-state index in [-0.39, 0.29) is 0 Å². The third-order valence-corrected chi connectivity index (χ3v) is 10.9. The summed E-state index contributed by atoms with van der Waals surface area (Å²) in [6.45, 7) is 0. The molecule has 0 nitrogen and oxygen atoms in total. The molecule has 9 aromatic carbocycles. The molecule has 2 aliphatic carbocycles. The van der Waals surface area contributed by atoms with Crippen LogP contribution in [0.1, 0.15) is 0 Å². The molecule has 0 saturated heterocycles. The van der Waals surface area contributed by atoms with Crippen LogP contribution in [0.3, 0.4) is 0 Å². The predicted octanol–water partition coefficient (Wildman–Crippen LogP) is 13.7. The number of fused-ring (bicyclic) bond motifs is 7. The second-order valence-corrected chi connectivity index (χ2v) is 13.4. The fraction of sp³-hybridized carbons (Fsp3) is 0. The minimum atomic E-state index is -0.848. The van der Waals surface area contributed by atoms with Gasteiger partial charge in [0, 0.05) is 0 Å². The number of hydrogen-bond donors (Lipinski definition) is 0. The van der Waals surface area contributed by atoms with Crippen LogP contribution in [-0.4, -0.2) is 0 Å². The summed E-state index contributed by atoms with van der Waals surface area (Å²) in [6.07, 6.45) is 0. The van der Waals surface area contributed by atoms with Gasteiger partial charge in [-0.15, -0.1) is 0 Å². The summed E-state index contributed by atoms with van der Waals surface area (Å²) < 4.78 is 30.5. The van der Waals surface area contributed by atoms with Crippen molar-refractivity contribution in [3.8, 4) is 77.9 Å². The van der Waals surface area contributed by atoms with E-state index in [4.69, 9.17) is 0 Å². The quantitative estimate of drug-likeness (QED) is 0.180. The molecule has 0 aromatic heterocycles. The van der Waals surface area contributed by atoms with E-state index in [0.29, 0.717) is 10.8 Å². The molecular weight excluding hydrogens is 615 g/mol. The standard InChI is InChI=1S/C48H26F2/c49-41-25-39-40(26-42(41)50)45(29-12-5-2-6-13-29)48-37-23-22-31(33-18-9-19-36(46(33)37)47(48)44(39)28-10-3-1-4-11-28)30-20-21-32-34-16-7-14-27-15-8-17-35(43(27)34)38(32)24-30/h1-26H. The van der Waals surface area contributed by atoms with Crippen molar-refractivity contribution in [2.45, 2.75) is 0 Å². The minimum Gasteiger partial charge on any atom is -0.204 e. The second-order valence-electron chi connectivity index (χ2n) is 13.4. The van der Waals surface area contributed by atoms with Gasteiger partial charge < -0.3 is 0 Å². The molecular formula is C48H26F2. The van der Waals surface area contributed by atoms with Gasteiger partial charge in [-0.25, -0.2) is 8.78 Å². The number of hydrogen-bond acceptors (Lipinski definition) is 0. The van der Waals surface area contributed by atoms with Gasteiger partial charge >= 0.3 is 0 Å². The zero-order valence-electron chi connectivity index (χ0n) is 26.8. The van der Waals surface area contributed by atoms with E-state index >= 15 is 8.78 Å². The Morgan fingerprint density at radius 2 is 0.800 bits per heavy atom. The highest BCUT2D eigenvalue weighted by Gasteiger charge is 2.32. The van der Waals surface area contributed by atoms with Crippen LogP contribution in [0, 0.1) is 11.6 Å². The molecule has 0 unspecified atom stereocenters. The number of halogens is 2. The first-order chi connectivity index (χ1) is 24.7. The normalized spacial score (nSPS) is 12.2. The van der Waals surface area contributed by atoms with Gasteiger partial charge in [-0.3, -0.25) is 0 Å². The summed E-state index contributed by atoms with van der Waals surface area (Å²) in [6, 6.07) is 54.1. The van der Waals surface area contributed by atoms with Gasteiger partial charge in [-0.2, -0.15) is 0 Å². The maximum Gasteiger partial charge on any atom is 0.159 e. The monoisotopic (exact) mass is 640 g/mol. The predicted molar refractivity (Wildman–Crippen MR) is 204 cm³/mol. The Morgan fingerprint density at radius 3 is 1.44 bits per heavy atom. The lowest BCUT2D eigenvalue weighted by Gasteiger charge is -2.20. The lowest BCUT2D eigenvalue weighted by atomic mass is 9.82. The highest BCUT2D eigenvalue weighted by atomic mass is 19.2. The average molecular weight is 641 g/mol. The SMILES string of the molecule is Fc1cc2c(-c3ccccc3)c3c(c(-c4ccccc4)c2cc1F)-c1ccc(-c2ccc4c(c2)-c2cccc5cccc-4c25)c2cccc-3c12. The Morgan fingerprint density at radius 1 is 0.280 bits per heavy atom. The molecule has 0 N–H and O–H groups in total. The van der Waals surface area contributed by atoms with Crippen LogP contribution < -0.4 is 0 Å². The molecule has 0 radical (unpaired) electrons. The summed E-state index contributed by atoms with van der Waals surface area (Å²) in [5.74, 6) is -1.70. The first-order valence-corrected chi connectivity index (χ1v) is 17.0. The Hall–Kier alpha value is -6.38. The average Bonchev–Trinajstić information content (AvgIpc) is 3.66. The van der Waals surface area contributed by atoms with Crippen molar-refractivity contribution in [3.05, 3.63) is 169 Å². The Bertz CT molecular complexity index is 2820. The van der Waals surface area contributed by atoms with E-state index < -0.39 is 11.6 Å². The first-order valence-electron chi connectivity index (χ1n) is 17.0. The zero-order chi connectivity index (χ0) is 33.1. The van der Waals surface area contributed by atoms with Gasteiger partial charge in [0.05, 0.1) is 0 Å². The molecule has 11 rings (SSSR count). The van der Waals surface area contributed by atoms with Gasteiger partial charge in [-0.1, -0.05) is 140 Å². The minimum absolute atomic E-state index is 0.699. The topological polar surface area (TPSA) is 0 Å². The van der Waals surface area contributed by atoms with Crippen molar-refractivity contribution in [2.24, 2.45) is 0 Å². The molecule has 2 heteroatoms. The lowest BCUT2D eigenvalue weighted by Crippen LogP contribution is -1.96. The van der Waals surface area contributed by atoms with Crippen molar-refractivity contribution in [2.75, 3.05) is 0 Å². The van der Waals surface area contributed by atoms with E-state index in [2.05, 4.69) is 109 Å².